The van der Waals surface area contributed by atoms with Crippen LogP contribution in [0.4, 0.5) is 0 Å². The van der Waals surface area contributed by atoms with Crippen LogP contribution >= 0.6 is 11.6 Å². The van der Waals surface area contributed by atoms with Gasteiger partial charge in [-0.1, -0.05) is 43.6 Å². The minimum absolute atomic E-state index is 0.585. The zero-order valence-corrected chi connectivity index (χ0v) is 12.7. The highest BCUT2D eigenvalue weighted by Gasteiger charge is 2.32. The zero-order chi connectivity index (χ0) is 13.9. The molecule has 0 aliphatic carbocycles. The molecule has 0 amide bonds. The van der Waals surface area contributed by atoms with Gasteiger partial charge < -0.3 is 10.0 Å². The van der Waals surface area contributed by atoms with Crippen molar-refractivity contribution >= 4 is 11.6 Å². The molecule has 1 aliphatic rings. The summed E-state index contributed by atoms with van der Waals surface area (Å²) >= 11 is 6.18. The molecule has 19 heavy (non-hydrogen) atoms. The maximum atomic E-state index is 10.7. The summed E-state index contributed by atoms with van der Waals surface area (Å²) in [5.41, 5.74) is 0.474. The summed E-state index contributed by atoms with van der Waals surface area (Å²) in [7, 11) is 0. The topological polar surface area (TPSA) is 23.5 Å². The van der Waals surface area contributed by atoms with Crippen LogP contribution in [0, 0.1) is 5.92 Å². The molecule has 2 nitrogen and oxygen atoms in total. The van der Waals surface area contributed by atoms with E-state index in [1.54, 1.807) is 0 Å². The molecule has 1 heterocycles. The van der Waals surface area contributed by atoms with Gasteiger partial charge in [0, 0.05) is 31.1 Å². The van der Waals surface area contributed by atoms with Crippen molar-refractivity contribution in [3.63, 3.8) is 0 Å². The van der Waals surface area contributed by atoms with Gasteiger partial charge in [0.05, 0.1) is 5.60 Å². The van der Waals surface area contributed by atoms with Gasteiger partial charge in [-0.05, 0) is 30.4 Å². The molecule has 1 aromatic carbocycles. The monoisotopic (exact) mass is 281 g/mol. The Kier molecular flexibility index (Phi) is 4.88. The summed E-state index contributed by atoms with van der Waals surface area (Å²) in [6.45, 7) is 7.58. The van der Waals surface area contributed by atoms with Gasteiger partial charge in [0.25, 0.3) is 0 Å². The van der Waals surface area contributed by atoms with Gasteiger partial charge in [-0.3, -0.25) is 0 Å². The largest absolute Gasteiger partial charge is 0.389 e. The Labute approximate surface area is 121 Å². The Morgan fingerprint density at radius 2 is 1.89 bits per heavy atom. The molecule has 1 aromatic rings. The number of nitrogens with zero attached hydrogens (tertiary/aromatic N) is 1. The fourth-order valence-electron chi connectivity index (χ4n) is 2.84. The lowest BCUT2D eigenvalue weighted by Gasteiger charge is -2.39. The van der Waals surface area contributed by atoms with Crippen LogP contribution in [0.25, 0.3) is 0 Å². The Balaban J connectivity index is 1.93. The standard InChI is InChI=1S/C16H24ClNO/c1-13(2)12-18-9-7-16(19,8-10-18)11-14-5-3-4-6-15(14)17/h3-6,13,19H,7-12H2,1-2H3. The lowest BCUT2D eigenvalue weighted by atomic mass is 9.85. The molecule has 1 N–H and O–H groups in total. The summed E-state index contributed by atoms with van der Waals surface area (Å²) in [4.78, 5) is 2.45. The molecule has 0 atom stereocenters. The van der Waals surface area contributed by atoms with Crippen molar-refractivity contribution in [3.05, 3.63) is 34.9 Å². The Morgan fingerprint density at radius 3 is 2.47 bits per heavy atom. The van der Waals surface area contributed by atoms with Crippen LogP contribution in [0.1, 0.15) is 32.3 Å². The number of halogens is 1. The van der Waals surface area contributed by atoms with Crippen LogP contribution in [-0.2, 0) is 6.42 Å². The molecule has 0 bridgehead atoms. The van der Waals surface area contributed by atoms with Gasteiger partial charge in [-0.25, -0.2) is 0 Å². The first kappa shape index (κ1) is 14.8. The molecule has 1 saturated heterocycles. The predicted octanol–water partition coefficient (Wildman–Crippen LogP) is 3.37. The van der Waals surface area contributed by atoms with E-state index in [9.17, 15) is 5.11 Å². The fourth-order valence-corrected chi connectivity index (χ4v) is 3.04. The number of rotatable bonds is 4. The van der Waals surface area contributed by atoms with E-state index in [4.69, 9.17) is 11.6 Å². The number of aliphatic hydroxyl groups is 1. The quantitative estimate of drug-likeness (QED) is 0.915. The third-order valence-corrected chi connectivity index (χ3v) is 4.26. The van der Waals surface area contributed by atoms with Crippen LogP contribution in [0.3, 0.4) is 0 Å². The smallest absolute Gasteiger partial charge is 0.0712 e. The van der Waals surface area contributed by atoms with Crippen molar-refractivity contribution in [2.45, 2.75) is 38.7 Å². The number of likely N-dealkylation sites (tertiary alicyclic amines) is 1. The van der Waals surface area contributed by atoms with E-state index in [2.05, 4.69) is 18.7 Å². The van der Waals surface area contributed by atoms with E-state index in [0.717, 1.165) is 43.1 Å². The van der Waals surface area contributed by atoms with E-state index >= 15 is 0 Å². The molecule has 0 unspecified atom stereocenters. The molecule has 106 valence electrons. The second-order valence-corrected chi connectivity index (χ2v) is 6.59. The van der Waals surface area contributed by atoms with Crippen LogP contribution in [0.2, 0.25) is 5.02 Å². The van der Waals surface area contributed by atoms with Crippen LogP contribution < -0.4 is 0 Å². The van der Waals surface area contributed by atoms with Crippen molar-refractivity contribution in [3.8, 4) is 0 Å². The Bertz CT molecular complexity index is 411. The third-order valence-electron chi connectivity index (χ3n) is 3.89. The molecule has 0 saturated carbocycles. The van der Waals surface area contributed by atoms with Crippen molar-refractivity contribution < 1.29 is 5.11 Å². The van der Waals surface area contributed by atoms with Gasteiger partial charge in [0.1, 0.15) is 0 Å². The summed E-state index contributed by atoms with van der Waals surface area (Å²) in [5.74, 6) is 0.690. The molecule has 2 rings (SSSR count). The predicted molar refractivity (Wildman–Crippen MR) is 80.6 cm³/mol. The van der Waals surface area contributed by atoms with Crippen molar-refractivity contribution in [2.75, 3.05) is 19.6 Å². The van der Waals surface area contributed by atoms with Crippen LogP contribution in [0.15, 0.2) is 24.3 Å². The van der Waals surface area contributed by atoms with Crippen LogP contribution in [0.5, 0.6) is 0 Å². The highest BCUT2D eigenvalue weighted by Crippen LogP contribution is 2.29. The minimum Gasteiger partial charge on any atom is -0.389 e. The van der Waals surface area contributed by atoms with E-state index in [0.29, 0.717) is 12.3 Å². The molecular formula is C16H24ClNO. The molecule has 0 radical (unpaired) electrons. The van der Waals surface area contributed by atoms with Gasteiger partial charge in [-0.15, -0.1) is 0 Å². The average Bonchev–Trinajstić information content (AvgIpc) is 2.35. The normalized spacial score (nSPS) is 19.8. The van der Waals surface area contributed by atoms with E-state index < -0.39 is 5.60 Å². The van der Waals surface area contributed by atoms with Gasteiger partial charge in [0.2, 0.25) is 0 Å². The minimum atomic E-state index is -0.585. The number of piperidine rings is 1. The number of benzene rings is 1. The third kappa shape index (κ3) is 4.20. The van der Waals surface area contributed by atoms with Gasteiger partial charge in [0.15, 0.2) is 0 Å². The first-order valence-corrected chi connectivity index (χ1v) is 7.54. The maximum Gasteiger partial charge on any atom is 0.0712 e. The molecule has 1 aliphatic heterocycles. The highest BCUT2D eigenvalue weighted by atomic mass is 35.5. The number of hydrogen-bond donors (Lipinski definition) is 1. The van der Waals surface area contributed by atoms with Gasteiger partial charge >= 0.3 is 0 Å². The maximum absolute atomic E-state index is 10.7. The van der Waals surface area contributed by atoms with E-state index in [-0.39, 0.29) is 0 Å². The Hall–Kier alpha value is -0.570. The lowest BCUT2D eigenvalue weighted by Crippen LogP contribution is -2.46. The van der Waals surface area contributed by atoms with Crippen molar-refractivity contribution in [1.82, 2.24) is 4.90 Å². The Morgan fingerprint density at radius 1 is 1.26 bits per heavy atom. The van der Waals surface area contributed by atoms with E-state index in [1.807, 2.05) is 24.3 Å². The molecule has 3 heteroatoms. The van der Waals surface area contributed by atoms with Crippen molar-refractivity contribution in [1.29, 1.82) is 0 Å². The fraction of sp³-hybridized carbons (Fsp3) is 0.625. The SMILES string of the molecule is CC(C)CN1CCC(O)(Cc2ccccc2Cl)CC1. The first-order valence-electron chi connectivity index (χ1n) is 7.17. The molecule has 0 aromatic heterocycles. The average molecular weight is 282 g/mol. The molecule has 0 spiro atoms. The summed E-state index contributed by atoms with van der Waals surface area (Å²) in [6.07, 6.45) is 2.35. The first-order chi connectivity index (χ1) is 8.98. The number of hydrogen-bond acceptors (Lipinski definition) is 2. The summed E-state index contributed by atoms with van der Waals surface area (Å²) < 4.78 is 0. The lowest BCUT2D eigenvalue weighted by molar-refractivity contribution is -0.0227. The molecule has 1 fully saturated rings. The summed E-state index contributed by atoms with van der Waals surface area (Å²) in [6, 6.07) is 7.83. The zero-order valence-electron chi connectivity index (χ0n) is 11.9. The van der Waals surface area contributed by atoms with Gasteiger partial charge in [-0.2, -0.15) is 0 Å². The summed E-state index contributed by atoms with van der Waals surface area (Å²) in [5, 5.41) is 11.5. The highest BCUT2D eigenvalue weighted by molar-refractivity contribution is 6.31. The second-order valence-electron chi connectivity index (χ2n) is 6.19. The van der Waals surface area contributed by atoms with Crippen LogP contribution in [-0.4, -0.2) is 35.2 Å². The second kappa shape index (κ2) is 6.25. The van der Waals surface area contributed by atoms with E-state index in [1.165, 1.54) is 0 Å². The van der Waals surface area contributed by atoms with Crippen molar-refractivity contribution in [2.24, 2.45) is 5.92 Å². The molecular weight excluding hydrogens is 258 g/mol.